The minimum atomic E-state index is -1.99. The Bertz CT molecular complexity index is 1800. The molecule has 0 bridgehead atoms. The summed E-state index contributed by atoms with van der Waals surface area (Å²) in [5, 5.41) is 119. The lowest BCUT2D eigenvalue weighted by molar-refractivity contribution is -0.379. The molecule has 3 heterocycles. The molecule has 426 valence electrons. The molecule has 3 rings (SSSR count). The van der Waals surface area contributed by atoms with Crippen LogP contribution in [0.25, 0.3) is 0 Å². The van der Waals surface area contributed by atoms with Gasteiger partial charge in [0, 0.05) is 6.42 Å². The smallest absolute Gasteiger partial charge is 0.220 e. The van der Waals surface area contributed by atoms with Crippen LogP contribution in [0.1, 0.15) is 104 Å². The van der Waals surface area contributed by atoms with Crippen LogP contribution in [0.15, 0.2) is 109 Å². The molecule has 19 nitrogen and oxygen atoms in total. The highest BCUT2D eigenvalue weighted by Crippen LogP contribution is 2.33. The van der Waals surface area contributed by atoms with Crippen LogP contribution < -0.4 is 5.32 Å². The Labute approximate surface area is 443 Å². The maximum atomic E-state index is 13.2. The number of hydrogen-bond acceptors (Lipinski definition) is 18. The van der Waals surface area contributed by atoms with E-state index in [9.17, 15) is 61.0 Å². The Morgan fingerprint density at radius 3 is 1.44 bits per heavy atom. The fraction of sp³-hybridized carbons (Fsp3) is 0.661. The Balaban J connectivity index is 1.53. The molecule has 17 atom stereocenters. The molecule has 1 amide bonds. The molecule has 19 heteroatoms. The topological polar surface area (TPSA) is 307 Å². The van der Waals surface area contributed by atoms with Gasteiger partial charge in [0.2, 0.25) is 5.91 Å². The van der Waals surface area contributed by atoms with Crippen LogP contribution in [0.2, 0.25) is 0 Å². The second-order valence-electron chi connectivity index (χ2n) is 18.6. The summed E-state index contributed by atoms with van der Waals surface area (Å²) < 4.78 is 34.0. The minimum absolute atomic E-state index is 0.169. The number of ether oxygens (including phenoxy) is 6. The maximum Gasteiger partial charge on any atom is 0.220 e. The van der Waals surface area contributed by atoms with E-state index in [2.05, 4.69) is 103 Å². The van der Waals surface area contributed by atoms with Crippen molar-refractivity contribution >= 4 is 5.91 Å². The summed E-state index contributed by atoms with van der Waals surface area (Å²) >= 11 is 0. The fourth-order valence-electron chi connectivity index (χ4n) is 8.23. The fourth-order valence-corrected chi connectivity index (χ4v) is 8.23. The molecular weight excluding hydrogens is 975 g/mol. The van der Waals surface area contributed by atoms with Crippen LogP contribution in [0, 0.1) is 0 Å². The molecule has 12 N–H and O–H groups in total. The first kappa shape index (κ1) is 65.7. The van der Waals surface area contributed by atoms with Crippen molar-refractivity contribution in [3.63, 3.8) is 0 Å². The zero-order valence-electron chi connectivity index (χ0n) is 43.7. The van der Waals surface area contributed by atoms with Crippen LogP contribution in [0.5, 0.6) is 0 Å². The Hall–Kier alpha value is -3.55. The number of aliphatic hydroxyl groups excluding tert-OH is 11. The number of hydrogen-bond donors (Lipinski definition) is 12. The van der Waals surface area contributed by atoms with Gasteiger partial charge in [-0.25, -0.2) is 0 Å². The summed E-state index contributed by atoms with van der Waals surface area (Å²) in [6.07, 6.45) is 21.3. The van der Waals surface area contributed by atoms with Crippen LogP contribution >= 0.6 is 0 Å². The van der Waals surface area contributed by atoms with Gasteiger partial charge in [0.1, 0.15) is 73.2 Å². The van der Waals surface area contributed by atoms with Gasteiger partial charge < -0.3 is 89.9 Å². The molecule has 0 aromatic rings. The Morgan fingerprint density at radius 2 is 0.933 bits per heavy atom. The molecule has 3 aliphatic rings. The van der Waals surface area contributed by atoms with E-state index in [0.717, 1.165) is 70.6 Å². The number of carbonyl (C=O) groups is 1. The Morgan fingerprint density at radius 1 is 0.507 bits per heavy atom. The van der Waals surface area contributed by atoms with Gasteiger partial charge in [-0.05, 0) is 90.4 Å². The summed E-state index contributed by atoms with van der Waals surface area (Å²) in [4.78, 5) is 13.2. The third kappa shape index (κ3) is 23.9. The van der Waals surface area contributed by atoms with Crippen molar-refractivity contribution < 1.29 is 89.4 Å². The van der Waals surface area contributed by atoms with Crippen molar-refractivity contribution in [1.82, 2.24) is 5.32 Å². The number of rotatable bonds is 35. The van der Waals surface area contributed by atoms with Crippen LogP contribution in [0.4, 0.5) is 0 Å². The van der Waals surface area contributed by atoms with Crippen molar-refractivity contribution in [2.24, 2.45) is 0 Å². The van der Waals surface area contributed by atoms with Gasteiger partial charge >= 0.3 is 0 Å². The highest BCUT2D eigenvalue weighted by molar-refractivity contribution is 5.76. The van der Waals surface area contributed by atoms with E-state index in [1.54, 1.807) is 12.2 Å². The standard InChI is InChI=1S/C56H89NO18/c1-3-5-7-9-11-13-14-15-16-17-18-19-20-21-22-23-24-26-28-30-32-34-44(62)57-39(40(61)33-31-29-27-25-12-10-8-6-4-2)38-70-54-50(68)47(65)52(42(36-59)72-54)75-56-51(69)48(66)53(43(37-60)73-56)74-55-49(67)46(64)45(63)41(35-58)71-55/h4-7,11-13,15-16,18-19,21-22,24-26,31,33,39-43,45-56,58-61,63-69H,3,8-10,14,17,20,23,27-30,32,34-38H2,1-2H3,(H,57,62)/b6-4+,7-5-,13-11-,16-15-,19-18-,22-21-,25-12+,26-24-,33-31+. The number of unbranched alkanes of at least 4 members (excludes halogenated alkanes) is 4. The quantitative estimate of drug-likeness (QED) is 0.0321. The van der Waals surface area contributed by atoms with E-state index >= 15 is 0 Å². The van der Waals surface area contributed by atoms with Gasteiger partial charge in [-0.2, -0.15) is 0 Å². The normalized spacial score (nSPS) is 32.1. The molecule has 0 saturated carbocycles. The zero-order chi connectivity index (χ0) is 54.8. The van der Waals surface area contributed by atoms with Gasteiger partial charge in [0.15, 0.2) is 18.9 Å². The number of nitrogens with one attached hydrogen (secondary N) is 1. The average molecular weight is 1060 g/mol. The predicted molar refractivity (Wildman–Crippen MR) is 281 cm³/mol. The minimum Gasteiger partial charge on any atom is -0.394 e. The maximum absolute atomic E-state index is 13.2. The molecule has 0 aromatic carbocycles. The first-order valence-electron chi connectivity index (χ1n) is 26.6. The highest BCUT2D eigenvalue weighted by Gasteiger charge is 2.53. The number of allylic oxidation sites excluding steroid dienone is 17. The van der Waals surface area contributed by atoms with E-state index in [1.165, 1.54) is 0 Å². The molecule has 17 unspecified atom stereocenters. The average Bonchev–Trinajstić information content (AvgIpc) is 3.41. The van der Waals surface area contributed by atoms with Crippen LogP contribution in [-0.4, -0.2) is 193 Å². The van der Waals surface area contributed by atoms with Gasteiger partial charge in [0.25, 0.3) is 0 Å². The molecular formula is C56H89NO18. The number of aliphatic hydroxyl groups is 11. The van der Waals surface area contributed by atoms with E-state index < -0.39 is 131 Å². The van der Waals surface area contributed by atoms with Crippen LogP contribution in [0.3, 0.4) is 0 Å². The molecule has 0 aliphatic carbocycles. The molecule has 75 heavy (non-hydrogen) atoms. The Kier molecular flexibility index (Phi) is 34.1. The van der Waals surface area contributed by atoms with Crippen molar-refractivity contribution in [3.05, 3.63) is 109 Å². The predicted octanol–water partition coefficient (Wildman–Crippen LogP) is 2.80. The lowest BCUT2D eigenvalue weighted by Gasteiger charge is -2.48. The second kappa shape index (κ2) is 38.9. The largest absolute Gasteiger partial charge is 0.394 e. The van der Waals surface area contributed by atoms with Gasteiger partial charge in [0.05, 0.1) is 38.6 Å². The van der Waals surface area contributed by atoms with E-state index in [4.69, 9.17) is 28.4 Å². The van der Waals surface area contributed by atoms with Crippen molar-refractivity contribution in [2.45, 2.75) is 208 Å². The summed E-state index contributed by atoms with van der Waals surface area (Å²) in [7, 11) is 0. The lowest BCUT2D eigenvalue weighted by Crippen LogP contribution is -2.66. The summed E-state index contributed by atoms with van der Waals surface area (Å²) in [6.45, 7) is 1.24. The second-order valence-corrected chi connectivity index (χ2v) is 18.6. The first-order valence-corrected chi connectivity index (χ1v) is 26.6. The first-order chi connectivity index (χ1) is 36.3. The van der Waals surface area contributed by atoms with E-state index in [1.807, 2.05) is 13.0 Å². The molecule has 0 radical (unpaired) electrons. The molecule has 3 aliphatic heterocycles. The van der Waals surface area contributed by atoms with Gasteiger partial charge in [-0.1, -0.05) is 116 Å². The summed E-state index contributed by atoms with van der Waals surface area (Å²) in [6, 6.07) is -1.02. The third-order valence-corrected chi connectivity index (χ3v) is 12.6. The van der Waals surface area contributed by atoms with Crippen molar-refractivity contribution in [2.75, 3.05) is 26.4 Å². The molecule has 3 saturated heterocycles. The lowest BCUT2D eigenvalue weighted by atomic mass is 9.96. The van der Waals surface area contributed by atoms with Crippen molar-refractivity contribution in [3.8, 4) is 0 Å². The third-order valence-electron chi connectivity index (χ3n) is 12.6. The van der Waals surface area contributed by atoms with E-state index in [-0.39, 0.29) is 12.3 Å². The molecule has 0 spiro atoms. The summed E-state index contributed by atoms with van der Waals surface area (Å²) in [5.74, 6) is -0.343. The summed E-state index contributed by atoms with van der Waals surface area (Å²) in [5.41, 5.74) is 0. The zero-order valence-corrected chi connectivity index (χ0v) is 43.7. The van der Waals surface area contributed by atoms with Crippen LogP contribution in [-0.2, 0) is 33.2 Å². The number of carbonyl (C=O) groups excluding carboxylic acids is 1. The molecule has 3 fully saturated rings. The monoisotopic (exact) mass is 1060 g/mol. The van der Waals surface area contributed by atoms with E-state index in [0.29, 0.717) is 12.8 Å². The highest BCUT2D eigenvalue weighted by atomic mass is 16.8. The SMILES string of the molecule is C/C=C/CC/C=C/CC/C=C/C(O)C(COC1OC(CO)C(OC2OC(CO)C(OC3OC(CO)C(O)C(O)C3O)C(O)C2O)C(O)C1O)NC(=O)CCCC/C=C\C/C=C\C/C=C\C/C=C\C/C=C\C/C=C\CC. The molecule has 0 aromatic heterocycles. The van der Waals surface area contributed by atoms with Gasteiger partial charge in [-0.15, -0.1) is 0 Å². The van der Waals surface area contributed by atoms with Crippen molar-refractivity contribution in [1.29, 1.82) is 0 Å². The number of amides is 1. The van der Waals surface area contributed by atoms with Gasteiger partial charge in [-0.3, -0.25) is 4.79 Å².